The maximum atomic E-state index is 11.9. The first-order chi connectivity index (χ1) is 9.47. The van der Waals surface area contributed by atoms with E-state index in [1.807, 2.05) is 20.8 Å². The van der Waals surface area contributed by atoms with Crippen molar-refractivity contribution in [2.24, 2.45) is 0 Å². The van der Waals surface area contributed by atoms with Crippen LogP contribution in [0.15, 0.2) is 18.2 Å². The number of hydrogen-bond acceptors (Lipinski definition) is 3. The lowest BCUT2D eigenvalue weighted by molar-refractivity contribution is -0.116. The lowest BCUT2D eigenvalue weighted by Gasteiger charge is -2.13. The van der Waals surface area contributed by atoms with Gasteiger partial charge in [0.25, 0.3) is 5.91 Å². The van der Waals surface area contributed by atoms with E-state index >= 15 is 0 Å². The molecule has 0 aliphatic rings. The summed E-state index contributed by atoms with van der Waals surface area (Å²) in [6.45, 7) is 6.70. The van der Waals surface area contributed by atoms with Crippen molar-refractivity contribution in [1.82, 2.24) is 10.6 Å². The number of hydrogen-bond donors (Lipinski definition) is 3. The van der Waals surface area contributed by atoms with Gasteiger partial charge >= 0.3 is 0 Å². The number of carbonyl (C=O) groups is 2. The van der Waals surface area contributed by atoms with E-state index in [1.54, 1.807) is 25.2 Å². The van der Waals surface area contributed by atoms with Crippen LogP contribution in [0.2, 0.25) is 0 Å². The summed E-state index contributed by atoms with van der Waals surface area (Å²) >= 11 is 0. The number of rotatable bonds is 6. The van der Waals surface area contributed by atoms with Crippen molar-refractivity contribution in [3.63, 3.8) is 0 Å². The Morgan fingerprint density at radius 3 is 2.55 bits per heavy atom. The Bertz CT molecular complexity index is 486. The average molecular weight is 277 g/mol. The van der Waals surface area contributed by atoms with Crippen LogP contribution in [-0.2, 0) is 4.79 Å². The highest BCUT2D eigenvalue weighted by molar-refractivity contribution is 5.96. The van der Waals surface area contributed by atoms with Gasteiger partial charge in [-0.25, -0.2) is 0 Å². The van der Waals surface area contributed by atoms with Gasteiger partial charge in [-0.05, 0) is 44.2 Å². The number of anilines is 1. The summed E-state index contributed by atoms with van der Waals surface area (Å²) in [5, 5.41) is 8.64. The third-order valence-corrected chi connectivity index (χ3v) is 3.03. The van der Waals surface area contributed by atoms with Crippen LogP contribution < -0.4 is 16.0 Å². The molecule has 0 heterocycles. The predicted molar refractivity (Wildman–Crippen MR) is 81.0 cm³/mol. The molecule has 1 atom stereocenters. The van der Waals surface area contributed by atoms with Gasteiger partial charge in [0, 0.05) is 30.8 Å². The predicted octanol–water partition coefficient (Wildman–Crippen LogP) is 1.68. The molecule has 2 amide bonds. The van der Waals surface area contributed by atoms with Crippen molar-refractivity contribution in [3.8, 4) is 0 Å². The first kappa shape index (κ1) is 16.2. The molecular formula is C15H23N3O2. The van der Waals surface area contributed by atoms with Gasteiger partial charge in [-0.1, -0.05) is 6.92 Å². The van der Waals surface area contributed by atoms with Gasteiger partial charge in [0.05, 0.1) is 0 Å². The second-order valence-corrected chi connectivity index (χ2v) is 4.82. The van der Waals surface area contributed by atoms with Crippen LogP contribution in [0, 0.1) is 6.92 Å². The zero-order valence-electron chi connectivity index (χ0n) is 12.5. The zero-order chi connectivity index (χ0) is 15.1. The normalized spacial score (nSPS) is 11.8. The largest absolute Gasteiger partial charge is 0.355 e. The molecule has 3 N–H and O–H groups in total. The van der Waals surface area contributed by atoms with E-state index in [9.17, 15) is 9.59 Å². The molecule has 110 valence electrons. The molecule has 0 aliphatic carbocycles. The lowest BCUT2D eigenvalue weighted by Crippen LogP contribution is -2.30. The average Bonchev–Trinajstić information content (AvgIpc) is 2.40. The van der Waals surface area contributed by atoms with Gasteiger partial charge in [-0.2, -0.15) is 0 Å². The molecule has 5 heteroatoms. The molecule has 1 unspecified atom stereocenters. The molecule has 0 fully saturated rings. The Kier molecular flexibility index (Phi) is 6.18. The molecule has 1 aromatic carbocycles. The van der Waals surface area contributed by atoms with Crippen LogP contribution in [0.4, 0.5) is 5.69 Å². The van der Waals surface area contributed by atoms with Gasteiger partial charge in [-0.15, -0.1) is 0 Å². The molecular weight excluding hydrogens is 254 g/mol. The molecule has 5 nitrogen and oxygen atoms in total. The van der Waals surface area contributed by atoms with Crippen molar-refractivity contribution in [1.29, 1.82) is 0 Å². The minimum atomic E-state index is -0.133. The monoisotopic (exact) mass is 277 g/mol. The SMILES string of the molecule is CCNC(C)CC(=O)Nc1ccc(C(=O)NC)cc1C. The van der Waals surface area contributed by atoms with E-state index in [4.69, 9.17) is 0 Å². The molecule has 0 radical (unpaired) electrons. The Morgan fingerprint density at radius 1 is 1.30 bits per heavy atom. The van der Waals surface area contributed by atoms with Crippen LogP contribution in [0.5, 0.6) is 0 Å². The summed E-state index contributed by atoms with van der Waals surface area (Å²) in [7, 11) is 1.59. The lowest BCUT2D eigenvalue weighted by atomic mass is 10.1. The first-order valence-corrected chi connectivity index (χ1v) is 6.83. The van der Waals surface area contributed by atoms with Crippen molar-refractivity contribution in [2.75, 3.05) is 18.9 Å². The third kappa shape index (κ3) is 4.66. The molecule has 0 bridgehead atoms. The van der Waals surface area contributed by atoms with Crippen LogP contribution in [-0.4, -0.2) is 31.4 Å². The molecule has 0 spiro atoms. The molecule has 0 aliphatic heterocycles. The number of nitrogens with one attached hydrogen (secondary N) is 3. The summed E-state index contributed by atoms with van der Waals surface area (Å²) in [4.78, 5) is 23.4. The Hall–Kier alpha value is -1.88. The molecule has 0 saturated carbocycles. The maximum Gasteiger partial charge on any atom is 0.251 e. The van der Waals surface area contributed by atoms with Gasteiger partial charge in [0.2, 0.25) is 5.91 Å². The van der Waals surface area contributed by atoms with E-state index in [-0.39, 0.29) is 17.9 Å². The number of benzene rings is 1. The molecule has 0 aromatic heterocycles. The second-order valence-electron chi connectivity index (χ2n) is 4.82. The van der Waals surface area contributed by atoms with E-state index < -0.39 is 0 Å². The molecule has 1 aromatic rings. The van der Waals surface area contributed by atoms with Crippen molar-refractivity contribution >= 4 is 17.5 Å². The van der Waals surface area contributed by atoms with E-state index in [1.165, 1.54) is 0 Å². The minimum absolute atomic E-state index is 0.0331. The summed E-state index contributed by atoms with van der Waals surface area (Å²) in [6, 6.07) is 5.37. The van der Waals surface area contributed by atoms with Gasteiger partial charge in [-0.3, -0.25) is 9.59 Å². The Morgan fingerprint density at radius 2 is 2.00 bits per heavy atom. The highest BCUT2D eigenvalue weighted by Gasteiger charge is 2.11. The summed E-state index contributed by atoms with van der Waals surface area (Å²) in [5.74, 6) is -0.166. The third-order valence-electron chi connectivity index (χ3n) is 3.03. The molecule has 1 rings (SSSR count). The van der Waals surface area contributed by atoms with Crippen LogP contribution in [0.3, 0.4) is 0 Å². The number of amides is 2. The fraction of sp³-hybridized carbons (Fsp3) is 0.467. The van der Waals surface area contributed by atoms with Crippen LogP contribution >= 0.6 is 0 Å². The zero-order valence-corrected chi connectivity index (χ0v) is 12.5. The van der Waals surface area contributed by atoms with Crippen molar-refractivity contribution in [2.45, 2.75) is 33.2 Å². The highest BCUT2D eigenvalue weighted by atomic mass is 16.2. The minimum Gasteiger partial charge on any atom is -0.355 e. The smallest absolute Gasteiger partial charge is 0.251 e. The van der Waals surface area contributed by atoms with E-state index in [2.05, 4.69) is 16.0 Å². The molecule has 20 heavy (non-hydrogen) atoms. The van der Waals surface area contributed by atoms with Gasteiger partial charge in [0.1, 0.15) is 0 Å². The van der Waals surface area contributed by atoms with Crippen molar-refractivity contribution in [3.05, 3.63) is 29.3 Å². The van der Waals surface area contributed by atoms with Gasteiger partial charge < -0.3 is 16.0 Å². The Balaban J connectivity index is 2.69. The van der Waals surface area contributed by atoms with E-state index in [0.717, 1.165) is 17.8 Å². The highest BCUT2D eigenvalue weighted by Crippen LogP contribution is 2.17. The standard InChI is InChI=1S/C15H23N3O2/c1-5-17-11(3)9-14(19)18-13-7-6-12(8-10(13)2)15(20)16-4/h6-8,11,17H,5,9H2,1-4H3,(H,16,20)(H,18,19). The quantitative estimate of drug-likeness (QED) is 0.741. The van der Waals surface area contributed by atoms with Crippen LogP contribution in [0.1, 0.15) is 36.2 Å². The van der Waals surface area contributed by atoms with E-state index in [0.29, 0.717) is 12.0 Å². The molecule has 0 saturated heterocycles. The maximum absolute atomic E-state index is 11.9. The second kappa shape index (κ2) is 7.65. The van der Waals surface area contributed by atoms with Crippen molar-refractivity contribution < 1.29 is 9.59 Å². The number of aryl methyl sites for hydroxylation is 1. The summed E-state index contributed by atoms with van der Waals surface area (Å²) < 4.78 is 0. The number of carbonyl (C=O) groups excluding carboxylic acids is 2. The van der Waals surface area contributed by atoms with Gasteiger partial charge in [0.15, 0.2) is 0 Å². The topological polar surface area (TPSA) is 70.2 Å². The Labute approximate surface area is 120 Å². The summed E-state index contributed by atoms with van der Waals surface area (Å²) in [5.41, 5.74) is 2.20. The summed E-state index contributed by atoms with van der Waals surface area (Å²) in [6.07, 6.45) is 0.421. The fourth-order valence-corrected chi connectivity index (χ4v) is 1.99. The first-order valence-electron chi connectivity index (χ1n) is 6.83. The fourth-order valence-electron chi connectivity index (χ4n) is 1.99. The van der Waals surface area contributed by atoms with Crippen LogP contribution in [0.25, 0.3) is 0 Å².